The van der Waals surface area contributed by atoms with Gasteiger partial charge in [0, 0.05) is 5.69 Å². The molecule has 0 bridgehead atoms. The van der Waals surface area contributed by atoms with E-state index in [0.29, 0.717) is 23.6 Å². The minimum Gasteiger partial charge on any atom is -0.508 e. The van der Waals surface area contributed by atoms with Gasteiger partial charge in [-0.15, -0.1) is 0 Å². The lowest BCUT2D eigenvalue weighted by molar-refractivity contribution is -0.112. The van der Waals surface area contributed by atoms with Gasteiger partial charge in [0.2, 0.25) is 0 Å². The zero-order chi connectivity index (χ0) is 20.6. The fourth-order valence-corrected chi connectivity index (χ4v) is 3.03. The predicted molar refractivity (Wildman–Crippen MR) is 115 cm³/mol. The quantitative estimate of drug-likeness (QED) is 0.305. The first-order valence-corrected chi connectivity index (χ1v) is 9.53. The van der Waals surface area contributed by atoms with Crippen LogP contribution in [0, 0.1) is 11.3 Å². The first kappa shape index (κ1) is 20.2. The van der Waals surface area contributed by atoms with Gasteiger partial charge in [0.15, 0.2) is 0 Å². The molecule has 0 aliphatic carbocycles. The Hall–Kier alpha value is -3.56. The topological polar surface area (TPSA) is 82.3 Å². The van der Waals surface area contributed by atoms with Crippen molar-refractivity contribution in [3.63, 3.8) is 0 Å². The highest BCUT2D eigenvalue weighted by molar-refractivity contribution is 9.10. The summed E-state index contributed by atoms with van der Waals surface area (Å²) in [6, 6.07) is 23.1. The maximum atomic E-state index is 12.3. The highest BCUT2D eigenvalue weighted by Gasteiger charge is 2.10. The number of halogens is 1. The number of nitrogens with zero attached hydrogens (tertiary/aromatic N) is 1. The van der Waals surface area contributed by atoms with E-state index < -0.39 is 5.91 Å². The molecule has 2 N–H and O–H groups in total. The van der Waals surface area contributed by atoms with Crippen molar-refractivity contribution >= 4 is 33.6 Å². The molecule has 0 aromatic heterocycles. The predicted octanol–water partition coefficient (Wildman–Crippen LogP) is 5.28. The molecule has 0 radical (unpaired) electrons. The first-order chi connectivity index (χ1) is 14.0. The van der Waals surface area contributed by atoms with Gasteiger partial charge < -0.3 is 15.2 Å². The average molecular weight is 449 g/mol. The van der Waals surface area contributed by atoms with Crippen LogP contribution in [0.5, 0.6) is 11.5 Å². The van der Waals surface area contributed by atoms with Gasteiger partial charge in [-0.1, -0.05) is 36.4 Å². The zero-order valence-corrected chi connectivity index (χ0v) is 16.9. The van der Waals surface area contributed by atoms with Crippen LogP contribution in [0.25, 0.3) is 6.08 Å². The molecule has 0 spiro atoms. The van der Waals surface area contributed by atoms with Crippen LogP contribution in [-0.2, 0) is 11.4 Å². The summed E-state index contributed by atoms with van der Waals surface area (Å²) in [7, 11) is 0. The third-order valence-corrected chi connectivity index (χ3v) is 4.61. The summed E-state index contributed by atoms with van der Waals surface area (Å²) < 4.78 is 6.53. The number of hydrogen-bond acceptors (Lipinski definition) is 4. The van der Waals surface area contributed by atoms with Gasteiger partial charge in [-0.3, -0.25) is 4.79 Å². The molecule has 0 aliphatic rings. The molecule has 0 unspecified atom stereocenters. The number of nitriles is 1. The standard InChI is InChI=1S/C23H17BrN2O3/c24-21-13-17(6-11-22(21)29-15-16-4-2-1-3-5-16)12-18(14-25)23(28)26-19-7-9-20(27)10-8-19/h1-13,27H,15H2,(H,26,28)/b18-12+. The maximum absolute atomic E-state index is 12.3. The van der Waals surface area contributed by atoms with Crippen LogP contribution in [0.1, 0.15) is 11.1 Å². The van der Waals surface area contributed by atoms with Crippen molar-refractivity contribution in [2.24, 2.45) is 0 Å². The van der Waals surface area contributed by atoms with Gasteiger partial charge in [0.1, 0.15) is 29.7 Å². The number of phenolic OH excluding ortho intramolecular Hbond substituents is 1. The van der Waals surface area contributed by atoms with Crippen molar-refractivity contribution in [2.45, 2.75) is 6.61 Å². The number of phenols is 1. The first-order valence-electron chi connectivity index (χ1n) is 8.73. The summed E-state index contributed by atoms with van der Waals surface area (Å²) in [5.74, 6) is 0.232. The molecule has 5 nitrogen and oxygen atoms in total. The molecule has 0 saturated heterocycles. The van der Waals surface area contributed by atoms with Crippen LogP contribution < -0.4 is 10.1 Å². The van der Waals surface area contributed by atoms with Crippen LogP contribution in [0.4, 0.5) is 5.69 Å². The second kappa shape index (κ2) is 9.58. The molecule has 1 amide bonds. The highest BCUT2D eigenvalue weighted by atomic mass is 79.9. The number of carbonyl (C=O) groups excluding carboxylic acids is 1. The number of nitrogens with one attached hydrogen (secondary N) is 1. The number of rotatable bonds is 6. The smallest absolute Gasteiger partial charge is 0.266 e. The number of aromatic hydroxyl groups is 1. The van der Waals surface area contributed by atoms with Crippen molar-refractivity contribution in [3.8, 4) is 17.6 Å². The van der Waals surface area contributed by atoms with E-state index in [1.54, 1.807) is 30.3 Å². The van der Waals surface area contributed by atoms with Crippen LogP contribution >= 0.6 is 15.9 Å². The number of carbonyl (C=O) groups is 1. The second-order valence-electron chi connectivity index (χ2n) is 6.13. The van der Waals surface area contributed by atoms with Gasteiger partial charge in [0.25, 0.3) is 5.91 Å². The van der Waals surface area contributed by atoms with Crippen LogP contribution in [0.2, 0.25) is 0 Å². The van der Waals surface area contributed by atoms with Gasteiger partial charge >= 0.3 is 0 Å². The minimum absolute atomic E-state index is 0.0390. The zero-order valence-electron chi connectivity index (χ0n) is 15.3. The number of benzene rings is 3. The van der Waals surface area contributed by atoms with Crippen molar-refractivity contribution in [1.82, 2.24) is 0 Å². The number of hydrogen-bond donors (Lipinski definition) is 2. The summed E-state index contributed by atoms with van der Waals surface area (Å²) in [6.07, 6.45) is 1.50. The lowest BCUT2D eigenvalue weighted by atomic mass is 10.1. The fourth-order valence-electron chi connectivity index (χ4n) is 2.52. The number of ether oxygens (including phenoxy) is 1. The molecule has 3 aromatic rings. The van der Waals surface area contributed by atoms with E-state index in [2.05, 4.69) is 21.2 Å². The minimum atomic E-state index is -0.529. The molecule has 6 heteroatoms. The van der Waals surface area contributed by atoms with E-state index in [1.807, 2.05) is 36.4 Å². The number of anilines is 1. The maximum Gasteiger partial charge on any atom is 0.266 e. The van der Waals surface area contributed by atoms with Crippen LogP contribution in [0.15, 0.2) is 82.8 Å². The molecule has 144 valence electrons. The molecule has 0 heterocycles. The molecule has 0 atom stereocenters. The summed E-state index contributed by atoms with van der Waals surface area (Å²) >= 11 is 3.47. The Labute approximate surface area is 177 Å². The molecule has 3 aromatic carbocycles. The normalized spacial score (nSPS) is 10.8. The SMILES string of the molecule is N#C/C(=C\c1ccc(OCc2ccccc2)c(Br)c1)C(=O)Nc1ccc(O)cc1. The van der Waals surface area contributed by atoms with E-state index >= 15 is 0 Å². The summed E-state index contributed by atoms with van der Waals surface area (Å²) in [5, 5.41) is 21.3. The van der Waals surface area contributed by atoms with Gasteiger partial charge in [-0.25, -0.2) is 0 Å². The molecule has 0 fully saturated rings. The third kappa shape index (κ3) is 5.71. The monoisotopic (exact) mass is 448 g/mol. The Bertz CT molecular complexity index is 1070. The van der Waals surface area contributed by atoms with Crippen molar-refractivity contribution in [1.29, 1.82) is 5.26 Å². The van der Waals surface area contributed by atoms with E-state index in [-0.39, 0.29) is 11.3 Å². The van der Waals surface area contributed by atoms with E-state index in [9.17, 15) is 15.2 Å². The Morgan fingerprint density at radius 3 is 2.48 bits per heavy atom. The fraction of sp³-hybridized carbons (Fsp3) is 0.0435. The van der Waals surface area contributed by atoms with Crippen LogP contribution in [-0.4, -0.2) is 11.0 Å². The molecule has 29 heavy (non-hydrogen) atoms. The van der Waals surface area contributed by atoms with Gasteiger partial charge in [-0.2, -0.15) is 5.26 Å². The van der Waals surface area contributed by atoms with E-state index in [1.165, 1.54) is 18.2 Å². The summed E-state index contributed by atoms with van der Waals surface area (Å²) in [6.45, 7) is 0.438. The Morgan fingerprint density at radius 2 is 1.83 bits per heavy atom. The largest absolute Gasteiger partial charge is 0.508 e. The van der Waals surface area contributed by atoms with E-state index in [0.717, 1.165) is 10.0 Å². The average Bonchev–Trinajstić information content (AvgIpc) is 2.73. The highest BCUT2D eigenvalue weighted by Crippen LogP contribution is 2.28. The Morgan fingerprint density at radius 1 is 1.10 bits per heavy atom. The van der Waals surface area contributed by atoms with Crippen molar-refractivity contribution in [2.75, 3.05) is 5.32 Å². The number of amides is 1. The molecule has 3 rings (SSSR count). The molecule has 0 saturated carbocycles. The summed E-state index contributed by atoms with van der Waals surface area (Å²) in [4.78, 5) is 12.3. The molecular formula is C23H17BrN2O3. The second-order valence-corrected chi connectivity index (χ2v) is 6.99. The third-order valence-electron chi connectivity index (χ3n) is 3.99. The Balaban J connectivity index is 1.70. The Kier molecular flexibility index (Phi) is 6.67. The van der Waals surface area contributed by atoms with Gasteiger partial charge in [-0.05, 0) is 69.5 Å². The van der Waals surface area contributed by atoms with Crippen LogP contribution in [0.3, 0.4) is 0 Å². The summed E-state index contributed by atoms with van der Waals surface area (Å²) in [5.41, 5.74) is 2.19. The van der Waals surface area contributed by atoms with Crippen molar-refractivity contribution < 1.29 is 14.6 Å². The van der Waals surface area contributed by atoms with E-state index in [4.69, 9.17) is 4.74 Å². The molecule has 0 aliphatic heterocycles. The lowest BCUT2D eigenvalue weighted by Gasteiger charge is -2.09. The molecular weight excluding hydrogens is 432 g/mol. The van der Waals surface area contributed by atoms with Gasteiger partial charge in [0.05, 0.1) is 4.47 Å². The lowest BCUT2D eigenvalue weighted by Crippen LogP contribution is -2.13. The van der Waals surface area contributed by atoms with Crippen molar-refractivity contribution in [3.05, 3.63) is 94.0 Å².